The minimum Gasteiger partial charge on any atom is -0.350 e. The maximum atomic E-state index is 12.3. The van der Waals surface area contributed by atoms with E-state index in [1.165, 1.54) is 5.56 Å². The van der Waals surface area contributed by atoms with E-state index in [-0.39, 0.29) is 5.91 Å². The van der Waals surface area contributed by atoms with Gasteiger partial charge in [-0.15, -0.1) is 0 Å². The van der Waals surface area contributed by atoms with Crippen LogP contribution >= 0.6 is 11.6 Å². The van der Waals surface area contributed by atoms with Gasteiger partial charge in [0.25, 0.3) is 0 Å². The Hall–Kier alpha value is -2.34. The van der Waals surface area contributed by atoms with E-state index in [1.54, 1.807) is 12.3 Å². The number of fused-ring (bicyclic) bond motifs is 1. The lowest BCUT2D eigenvalue weighted by Crippen LogP contribution is -2.23. The summed E-state index contributed by atoms with van der Waals surface area (Å²) in [5, 5.41) is 8.21. The molecule has 0 saturated heterocycles. The van der Waals surface area contributed by atoms with Gasteiger partial charge in [0.15, 0.2) is 0 Å². The zero-order valence-corrected chi connectivity index (χ0v) is 17.0. The molecule has 3 aromatic rings. The highest BCUT2D eigenvalue weighted by molar-refractivity contribution is 6.30. The predicted molar refractivity (Wildman–Crippen MR) is 107 cm³/mol. The summed E-state index contributed by atoms with van der Waals surface area (Å²) in [5.74, 6) is 0.556. The van der Waals surface area contributed by atoms with E-state index in [2.05, 4.69) is 40.9 Å². The topological polar surface area (TPSA) is 64.2 Å². The minimum atomic E-state index is 0.0144. The third kappa shape index (κ3) is 4.69. The van der Waals surface area contributed by atoms with Crippen LogP contribution in [0.2, 0.25) is 5.02 Å². The summed E-state index contributed by atoms with van der Waals surface area (Å²) in [7, 11) is 0. The Morgan fingerprint density at radius 3 is 2.78 bits per heavy atom. The van der Waals surface area contributed by atoms with Crippen LogP contribution in [0.4, 0.5) is 0 Å². The molecule has 0 aliphatic rings. The molecule has 6 nitrogen and oxygen atoms in total. The van der Waals surface area contributed by atoms with Gasteiger partial charge in [-0.2, -0.15) is 5.10 Å². The van der Waals surface area contributed by atoms with Crippen LogP contribution in [0, 0.1) is 19.8 Å². The summed E-state index contributed by atoms with van der Waals surface area (Å²) in [5.41, 5.74) is 4.97. The Morgan fingerprint density at radius 1 is 1.26 bits per heavy atom. The number of amides is 1. The highest BCUT2D eigenvalue weighted by Gasteiger charge is 2.14. The SMILES string of the molecule is Cc1nn(CC(C)C)c(C)c1CCC(=O)NCc1cn2cc(Cl)ccc2n1. The van der Waals surface area contributed by atoms with E-state index >= 15 is 0 Å². The molecule has 1 N–H and O–H groups in total. The second-order valence-electron chi connectivity index (χ2n) is 7.35. The highest BCUT2D eigenvalue weighted by atomic mass is 35.5. The average Bonchev–Trinajstić information content (AvgIpc) is 3.11. The molecular formula is C20H26ClN5O. The lowest BCUT2D eigenvalue weighted by atomic mass is 10.1. The minimum absolute atomic E-state index is 0.0144. The van der Waals surface area contributed by atoms with Gasteiger partial charge in [0, 0.05) is 31.1 Å². The van der Waals surface area contributed by atoms with Gasteiger partial charge in [0.1, 0.15) is 5.65 Å². The van der Waals surface area contributed by atoms with E-state index in [1.807, 2.05) is 23.6 Å². The molecule has 0 fully saturated rings. The average molecular weight is 388 g/mol. The number of hydrogen-bond acceptors (Lipinski definition) is 3. The fourth-order valence-electron chi connectivity index (χ4n) is 3.24. The molecule has 0 atom stereocenters. The van der Waals surface area contributed by atoms with Crippen LogP contribution in [0.3, 0.4) is 0 Å². The summed E-state index contributed by atoms with van der Waals surface area (Å²) < 4.78 is 3.91. The van der Waals surface area contributed by atoms with Crippen LogP contribution in [0.15, 0.2) is 24.5 Å². The van der Waals surface area contributed by atoms with Gasteiger partial charge in [0.2, 0.25) is 5.91 Å². The standard InChI is InChI=1S/C20H26ClN5O/c1-13(2)10-26-15(4)18(14(3)24-26)6-8-20(27)22-9-17-12-25-11-16(21)5-7-19(25)23-17/h5,7,11-13H,6,8-10H2,1-4H3,(H,22,27). The fraction of sp³-hybridized carbons (Fsp3) is 0.450. The van der Waals surface area contributed by atoms with Crippen molar-refractivity contribution in [2.75, 3.05) is 0 Å². The second-order valence-corrected chi connectivity index (χ2v) is 7.78. The van der Waals surface area contributed by atoms with Crippen molar-refractivity contribution in [2.24, 2.45) is 5.92 Å². The zero-order valence-electron chi connectivity index (χ0n) is 16.3. The van der Waals surface area contributed by atoms with E-state index in [9.17, 15) is 4.79 Å². The van der Waals surface area contributed by atoms with Crippen LogP contribution in [0.1, 0.15) is 42.9 Å². The van der Waals surface area contributed by atoms with Crippen molar-refractivity contribution in [3.05, 3.63) is 52.2 Å². The second kappa shape index (κ2) is 8.13. The van der Waals surface area contributed by atoms with E-state index in [4.69, 9.17) is 11.6 Å². The zero-order chi connectivity index (χ0) is 19.6. The van der Waals surface area contributed by atoms with Gasteiger partial charge >= 0.3 is 0 Å². The van der Waals surface area contributed by atoms with Crippen LogP contribution in [0.5, 0.6) is 0 Å². The monoisotopic (exact) mass is 387 g/mol. The van der Waals surface area contributed by atoms with Crippen molar-refractivity contribution in [2.45, 2.75) is 53.6 Å². The van der Waals surface area contributed by atoms with Gasteiger partial charge in [-0.1, -0.05) is 25.4 Å². The van der Waals surface area contributed by atoms with E-state index < -0.39 is 0 Å². The molecule has 0 aromatic carbocycles. The quantitative estimate of drug-likeness (QED) is 0.672. The number of imidazole rings is 1. The number of carbonyl (C=O) groups excluding carboxylic acids is 1. The number of rotatable bonds is 7. The third-order valence-corrected chi connectivity index (χ3v) is 4.83. The van der Waals surface area contributed by atoms with Crippen LogP contribution in [-0.2, 0) is 24.3 Å². The Bertz CT molecular complexity index is 957. The number of nitrogens with one attached hydrogen (secondary N) is 1. The number of hydrogen-bond donors (Lipinski definition) is 1. The molecule has 27 heavy (non-hydrogen) atoms. The lowest BCUT2D eigenvalue weighted by molar-refractivity contribution is -0.121. The molecule has 0 bridgehead atoms. The maximum absolute atomic E-state index is 12.3. The van der Waals surface area contributed by atoms with Gasteiger partial charge in [-0.3, -0.25) is 9.48 Å². The van der Waals surface area contributed by atoms with Crippen molar-refractivity contribution in [1.82, 2.24) is 24.5 Å². The normalized spacial score (nSPS) is 11.5. The van der Waals surface area contributed by atoms with E-state index in [0.717, 1.165) is 29.3 Å². The van der Waals surface area contributed by atoms with Crippen molar-refractivity contribution in [3.63, 3.8) is 0 Å². The molecule has 3 rings (SSSR count). The first kappa shape index (κ1) is 19.4. The largest absolute Gasteiger partial charge is 0.350 e. The molecule has 0 spiro atoms. The number of pyridine rings is 1. The van der Waals surface area contributed by atoms with Crippen LogP contribution in [-0.4, -0.2) is 25.1 Å². The first-order valence-corrected chi connectivity index (χ1v) is 9.64. The molecule has 0 aliphatic carbocycles. The number of carbonyl (C=O) groups is 1. The number of aryl methyl sites for hydroxylation is 1. The Labute approximate surface area is 164 Å². The predicted octanol–water partition coefficient (Wildman–Crippen LogP) is 3.71. The lowest BCUT2D eigenvalue weighted by Gasteiger charge is -2.08. The molecular weight excluding hydrogens is 362 g/mol. The summed E-state index contributed by atoms with van der Waals surface area (Å²) in [6.07, 6.45) is 4.82. The molecule has 3 aromatic heterocycles. The van der Waals surface area contributed by atoms with Crippen LogP contribution in [0.25, 0.3) is 5.65 Å². The molecule has 3 heterocycles. The maximum Gasteiger partial charge on any atom is 0.220 e. The number of nitrogens with zero attached hydrogens (tertiary/aromatic N) is 4. The smallest absolute Gasteiger partial charge is 0.220 e. The fourth-order valence-corrected chi connectivity index (χ4v) is 3.41. The first-order valence-electron chi connectivity index (χ1n) is 9.26. The molecule has 0 unspecified atom stereocenters. The van der Waals surface area contributed by atoms with Crippen molar-refractivity contribution in [1.29, 1.82) is 0 Å². The van der Waals surface area contributed by atoms with E-state index in [0.29, 0.717) is 30.3 Å². The highest BCUT2D eigenvalue weighted by Crippen LogP contribution is 2.17. The number of halogens is 1. The molecule has 1 amide bonds. The van der Waals surface area contributed by atoms with Crippen molar-refractivity contribution in [3.8, 4) is 0 Å². The van der Waals surface area contributed by atoms with Gasteiger partial charge in [-0.25, -0.2) is 4.98 Å². The molecule has 0 radical (unpaired) electrons. The van der Waals surface area contributed by atoms with Crippen LogP contribution < -0.4 is 5.32 Å². The Kier molecular flexibility index (Phi) is 5.85. The summed E-state index contributed by atoms with van der Waals surface area (Å²) >= 11 is 5.98. The summed E-state index contributed by atoms with van der Waals surface area (Å²) in [6.45, 7) is 9.75. The van der Waals surface area contributed by atoms with Gasteiger partial charge < -0.3 is 9.72 Å². The van der Waals surface area contributed by atoms with Crippen molar-refractivity contribution < 1.29 is 4.79 Å². The van der Waals surface area contributed by atoms with Crippen molar-refractivity contribution >= 4 is 23.2 Å². The Balaban J connectivity index is 1.56. The molecule has 0 aliphatic heterocycles. The summed E-state index contributed by atoms with van der Waals surface area (Å²) in [6, 6.07) is 3.66. The molecule has 0 saturated carbocycles. The third-order valence-electron chi connectivity index (χ3n) is 4.60. The van der Waals surface area contributed by atoms with Gasteiger partial charge in [0.05, 0.1) is 23.0 Å². The first-order chi connectivity index (χ1) is 12.8. The summed E-state index contributed by atoms with van der Waals surface area (Å²) in [4.78, 5) is 16.8. The Morgan fingerprint density at radius 2 is 2.04 bits per heavy atom. The molecule has 144 valence electrons. The molecule has 7 heteroatoms. The number of aromatic nitrogens is 4. The van der Waals surface area contributed by atoms with Gasteiger partial charge in [-0.05, 0) is 43.9 Å².